The molecular formula is C11H14F3N3O. The van der Waals surface area contributed by atoms with Gasteiger partial charge in [-0.3, -0.25) is 9.48 Å². The summed E-state index contributed by atoms with van der Waals surface area (Å²) < 4.78 is 38.1. The fourth-order valence-corrected chi connectivity index (χ4v) is 1.54. The molecule has 2 rings (SSSR count). The number of alkyl halides is 3. The molecule has 1 amide bonds. The molecule has 1 aliphatic carbocycles. The molecule has 1 saturated carbocycles. The van der Waals surface area contributed by atoms with Crippen LogP contribution in [0, 0.1) is 5.92 Å². The summed E-state index contributed by atoms with van der Waals surface area (Å²) >= 11 is 0. The Morgan fingerprint density at radius 3 is 2.78 bits per heavy atom. The van der Waals surface area contributed by atoms with Crippen LogP contribution in [-0.4, -0.2) is 22.2 Å². The first kappa shape index (κ1) is 12.9. The van der Waals surface area contributed by atoms with E-state index < -0.39 is 17.9 Å². The van der Waals surface area contributed by atoms with E-state index in [1.165, 1.54) is 13.1 Å². The SMILES string of the molecule is CC(C(=O)NCC1CC1)n1ccc(C(F)(F)F)n1. The number of nitrogens with zero attached hydrogens (tertiary/aromatic N) is 2. The van der Waals surface area contributed by atoms with Crippen LogP contribution in [-0.2, 0) is 11.0 Å². The van der Waals surface area contributed by atoms with E-state index in [0.29, 0.717) is 12.5 Å². The van der Waals surface area contributed by atoms with Crippen LogP contribution in [0.25, 0.3) is 0 Å². The number of hydrogen-bond acceptors (Lipinski definition) is 2. The van der Waals surface area contributed by atoms with Gasteiger partial charge in [0.1, 0.15) is 6.04 Å². The van der Waals surface area contributed by atoms with E-state index in [0.717, 1.165) is 23.6 Å². The van der Waals surface area contributed by atoms with Gasteiger partial charge >= 0.3 is 6.18 Å². The molecule has 0 aliphatic heterocycles. The van der Waals surface area contributed by atoms with Crippen molar-refractivity contribution in [2.24, 2.45) is 5.92 Å². The highest BCUT2D eigenvalue weighted by Gasteiger charge is 2.34. The fourth-order valence-electron chi connectivity index (χ4n) is 1.54. The zero-order valence-electron chi connectivity index (χ0n) is 9.87. The van der Waals surface area contributed by atoms with E-state index in [2.05, 4.69) is 10.4 Å². The van der Waals surface area contributed by atoms with Gasteiger partial charge in [0.05, 0.1) is 0 Å². The fraction of sp³-hybridized carbons (Fsp3) is 0.636. The molecule has 1 fully saturated rings. The van der Waals surface area contributed by atoms with Crippen LogP contribution >= 0.6 is 0 Å². The second-order valence-electron chi connectivity index (χ2n) is 4.54. The van der Waals surface area contributed by atoms with Crippen LogP contribution in [0.5, 0.6) is 0 Å². The Bertz CT molecular complexity index is 437. The molecule has 0 aromatic carbocycles. The van der Waals surface area contributed by atoms with Crippen molar-refractivity contribution >= 4 is 5.91 Å². The van der Waals surface area contributed by atoms with Crippen molar-refractivity contribution < 1.29 is 18.0 Å². The van der Waals surface area contributed by atoms with Crippen molar-refractivity contribution in [2.75, 3.05) is 6.54 Å². The van der Waals surface area contributed by atoms with Crippen LogP contribution in [0.4, 0.5) is 13.2 Å². The lowest BCUT2D eigenvalue weighted by Crippen LogP contribution is -2.32. The van der Waals surface area contributed by atoms with E-state index in [1.807, 2.05) is 0 Å². The van der Waals surface area contributed by atoms with Gasteiger partial charge in [0.15, 0.2) is 5.69 Å². The highest BCUT2D eigenvalue weighted by Crippen LogP contribution is 2.28. The first-order chi connectivity index (χ1) is 8.38. The quantitative estimate of drug-likeness (QED) is 0.901. The third-order valence-electron chi connectivity index (χ3n) is 2.94. The number of carbonyl (C=O) groups excluding carboxylic acids is 1. The molecule has 1 aromatic rings. The summed E-state index contributed by atoms with van der Waals surface area (Å²) in [5.41, 5.74) is -0.982. The van der Waals surface area contributed by atoms with Crippen molar-refractivity contribution in [1.29, 1.82) is 0 Å². The van der Waals surface area contributed by atoms with Crippen LogP contribution < -0.4 is 5.32 Å². The second-order valence-corrected chi connectivity index (χ2v) is 4.54. The molecule has 100 valence electrons. The van der Waals surface area contributed by atoms with Gasteiger partial charge < -0.3 is 5.32 Å². The monoisotopic (exact) mass is 261 g/mol. The first-order valence-electron chi connectivity index (χ1n) is 5.78. The van der Waals surface area contributed by atoms with Crippen molar-refractivity contribution in [3.63, 3.8) is 0 Å². The summed E-state index contributed by atoms with van der Waals surface area (Å²) in [6.07, 6.45) is -1.09. The molecule has 0 bridgehead atoms. The number of amides is 1. The predicted molar refractivity (Wildman–Crippen MR) is 57.7 cm³/mol. The standard InChI is InChI=1S/C11H14F3N3O/c1-7(10(18)15-6-8-2-3-8)17-5-4-9(16-17)11(12,13)14/h4-5,7-8H,2-3,6H2,1H3,(H,15,18). The molecule has 0 saturated heterocycles. The van der Waals surface area contributed by atoms with Gasteiger partial charge in [-0.2, -0.15) is 18.3 Å². The molecule has 7 heteroatoms. The van der Waals surface area contributed by atoms with Gasteiger partial charge in [-0.1, -0.05) is 0 Å². The molecule has 1 unspecified atom stereocenters. The summed E-state index contributed by atoms with van der Waals surface area (Å²) in [4.78, 5) is 11.7. The third kappa shape index (κ3) is 3.02. The summed E-state index contributed by atoms with van der Waals surface area (Å²) in [5, 5.41) is 6.09. The number of halogens is 3. The minimum absolute atomic E-state index is 0.307. The normalized spacial score (nSPS) is 17.6. The van der Waals surface area contributed by atoms with E-state index >= 15 is 0 Å². The zero-order chi connectivity index (χ0) is 13.3. The number of hydrogen-bond donors (Lipinski definition) is 1. The molecule has 18 heavy (non-hydrogen) atoms. The van der Waals surface area contributed by atoms with Gasteiger partial charge in [-0.05, 0) is 31.7 Å². The Kier molecular flexibility index (Phi) is 3.32. The maximum atomic E-state index is 12.4. The lowest BCUT2D eigenvalue weighted by molar-refractivity contribution is -0.142. The number of aromatic nitrogens is 2. The van der Waals surface area contributed by atoms with Crippen LogP contribution in [0.1, 0.15) is 31.5 Å². The van der Waals surface area contributed by atoms with Gasteiger partial charge in [0, 0.05) is 12.7 Å². The van der Waals surface area contributed by atoms with E-state index in [9.17, 15) is 18.0 Å². The van der Waals surface area contributed by atoms with Crippen molar-refractivity contribution in [3.8, 4) is 0 Å². The molecule has 1 heterocycles. The zero-order valence-corrected chi connectivity index (χ0v) is 9.87. The molecule has 1 aromatic heterocycles. The second kappa shape index (κ2) is 4.62. The molecule has 0 spiro atoms. The smallest absolute Gasteiger partial charge is 0.354 e. The molecule has 4 nitrogen and oxygen atoms in total. The average Bonchev–Trinajstić information content (AvgIpc) is 2.97. The number of carbonyl (C=O) groups is 1. The third-order valence-corrected chi connectivity index (χ3v) is 2.94. The van der Waals surface area contributed by atoms with E-state index in [1.54, 1.807) is 0 Å². The Balaban J connectivity index is 1.96. The van der Waals surface area contributed by atoms with Gasteiger partial charge in [0.25, 0.3) is 0 Å². The first-order valence-corrected chi connectivity index (χ1v) is 5.78. The number of nitrogens with one attached hydrogen (secondary N) is 1. The number of rotatable bonds is 4. The van der Waals surface area contributed by atoms with Crippen LogP contribution in [0.3, 0.4) is 0 Å². The Hall–Kier alpha value is -1.53. The highest BCUT2D eigenvalue weighted by molar-refractivity contribution is 5.79. The average molecular weight is 261 g/mol. The minimum Gasteiger partial charge on any atom is -0.354 e. The largest absolute Gasteiger partial charge is 0.435 e. The topological polar surface area (TPSA) is 46.9 Å². The predicted octanol–water partition coefficient (Wildman–Crippen LogP) is 1.99. The Morgan fingerprint density at radius 2 is 2.28 bits per heavy atom. The minimum atomic E-state index is -4.48. The Labute approximate surface area is 102 Å². The molecular weight excluding hydrogens is 247 g/mol. The lowest BCUT2D eigenvalue weighted by atomic mass is 10.3. The summed E-state index contributed by atoms with van der Waals surface area (Å²) in [5.74, 6) is 0.225. The molecule has 1 N–H and O–H groups in total. The molecule has 0 radical (unpaired) electrons. The van der Waals surface area contributed by atoms with Gasteiger partial charge in [0.2, 0.25) is 5.91 Å². The van der Waals surface area contributed by atoms with Crippen molar-refractivity contribution in [1.82, 2.24) is 15.1 Å². The van der Waals surface area contributed by atoms with Gasteiger partial charge in [-0.25, -0.2) is 0 Å². The lowest BCUT2D eigenvalue weighted by Gasteiger charge is -2.12. The highest BCUT2D eigenvalue weighted by atomic mass is 19.4. The van der Waals surface area contributed by atoms with Crippen LogP contribution in [0.2, 0.25) is 0 Å². The van der Waals surface area contributed by atoms with E-state index in [4.69, 9.17) is 0 Å². The summed E-state index contributed by atoms with van der Waals surface area (Å²) in [6.45, 7) is 2.12. The van der Waals surface area contributed by atoms with Gasteiger partial charge in [-0.15, -0.1) is 0 Å². The maximum absolute atomic E-state index is 12.4. The maximum Gasteiger partial charge on any atom is 0.435 e. The van der Waals surface area contributed by atoms with Crippen LogP contribution in [0.15, 0.2) is 12.3 Å². The van der Waals surface area contributed by atoms with Crippen molar-refractivity contribution in [3.05, 3.63) is 18.0 Å². The van der Waals surface area contributed by atoms with E-state index in [-0.39, 0.29) is 5.91 Å². The molecule has 1 aliphatic rings. The Morgan fingerprint density at radius 1 is 1.61 bits per heavy atom. The summed E-state index contributed by atoms with van der Waals surface area (Å²) in [7, 11) is 0. The van der Waals surface area contributed by atoms with Crippen molar-refractivity contribution in [2.45, 2.75) is 32.0 Å². The summed E-state index contributed by atoms with van der Waals surface area (Å²) in [6, 6.07) is 0.129. The molecule has 1 atom stereocenters.